The third-order valence-electron chi connectivity index (χ3n) is 3.62. The summed E-state index contributed by atoms with van der Waals surface area (Å²) in [7, 11) is 0. The topological polar surface area (TPSA) is 30.9 Å². The minimum atomic E-state index is -0.0982. The molecule has 0 saturated carbocycles. The molecule has 5 heteroatoms. The number of hydrogen-bond acceptors (Lipinski definition) is 3. The molecule has 0 fully saturated rings. The molecule has 0 spiro atoms. The Balaban J connectivity index is 2.70. The van der Waals surface area contributed by atoms with E-state index in [9.17, 15) is 4.39 Å². The van der Waals surface area contributed by atoms with Crippen LogP contribution >= 0.6 is 0 Å². The first-order chi connectivity index (χ1) is 10.8. The van der Waals surface area contributed by atoms with Crippen LogP contribution in [0.2, 0.25) is 0 Å². The highest BCUT2D eigenvalue weighted by Gasteiger charge is 2.14. The van der Waals surface area contributed by atoms with Gasteiger partial charge in [0.25, 0.3) is 0 Å². The molecule has 0 unspecified atom stereocenters. The van der Waals surface area contributed by atoms with E-state index in [0.29, 0.717) is 13.0 Å². The maximum absolute atomic E-state index is 13.3. The van der Waals surface area contributed by atoms with Crippen molar-refractivity contribution in [3.63, 3.8) is 0 Å². The molecule has 0 aromatic rings. The van der Waals surface area contributed by atoms with Crippen LogP contribution < -0.4 is 5.32 Å². The molecule has 23 heavy (non-hydrogen) atoms. The van der Waals surface area contributed by atoms with Crippen molar-refractivity contribution in [3.8, 4) is 0 Å². The molecule has 1 aliphatic rings. The first-order valence-corrected chi connectivity index (χ1v) is 8.20. The van der Waals surface area contributed by atoms with Crippen molar-refractivity contribution in [3.05, 3.63) is 36.5 Å². The summed E-state index contributed by atoms with van der Waals surface area (Å²) in [4.78, 5) is 8.75. The fourth-order valence-electron chi connectivity index (χ4n) is 2.18. The molecule has 1 aliphatic heterocycles. The van der Waals surface area contributed by atoms with E-state index in [2.05, 4.69) is 42.6 Å². The average molecular weight is 322 g/mol. The standard InChI is InChI=1S/C18H31FN4/c1-7-11-23(14-21-18(4,5)6)15(3)20-12-17-10-9-16(19)13-22(17)8-2/h7,10,13,21H,1,8-9,11-12,14H2,2-6H3/b20-15+. The summed E-state index contributed by atoms with van der Waals surface area (Å²) >= 11 is 0. The van der Waals surface area contributed by atoms with Gasteiger partial charge < -0.3 is 9.80 Å². The Kier molecular flexibility index (Phi) is 7.49. The van der Waals surface area contributed by atoms with E-state index >= 15 is 0 Å². The van der Waals surface area contributed by atoms with Gasteiger partial charge in [0.05, 0.1) is 19.0 Å². The van der Waals surface area contributed by atoms with E-state index in [1.807, 2.05) is 30.9 Å². The summed E-state index contributed by atoms with van der Waals surface area (Å²) in [5, 5.41) is 3.46. The van der Waals surface area contributed by atoms with Crippen molar-refractivity contribution >= 4 is 5.84 Å². The Hall–Kier alpha value is -1.62. The summed E-state index contributed by atoms with van der Waals surface area (Å²) in [6.07, 6.45) is 5.73. The molecule has 0 bridgehead atoms. The van der Waals surface area contributed by atoms with E-state index in [0.717, 1.165) is 31.3 Å². The van der Waals surface area contributed by atoms with Crippen molar-refractivity contribution in [2.24, 2.45) is 4.99 Å². The Morgan fingerprint density at radius 1 is 1.52 bits per heavy atom. The zero-order valence-corrected chi connectivity index (χ0v) is 15.2. The Morgan fingerprint density at radius 3 is 2.78 bits per heavy atom. The minimum absolute atomic E-state index is 0.0485. The zero-order valence-electron chi connectivity index (χ0n) is 15.2. The normalized spacial score (nSPS) is 16.1. The lowest BCUT2D eigenvalue weighted by atomic mass is 10.1. The van der Waals surface area contributed by atoms with Crippen LogP contribution in [0, 0.1) is 0 Å². The van der Waals surface area contributed by atoms with E-state index in [1.54, 1.807) is 6.20 Å². The molecule has 0 amide bonds. The number of amidine groups is 1. The highest BCUT2D eigenvalue weighted by molar-refractivity contribution is 5.80. The number of halogens is 1. The molecular weight excluding hydrogens is 291 g/mol. The lowest BCUT2D eigenvalue weighted by molar-refractivity contribution is 0.327. The molecular formula is C18H31FN4. The smallest absolute Gasteiger partial charge is 0.120 e. The Morgan fingerprint density at radius 2 is 2.22 bits per heavy atom. The molecule has 1 heterocycles. The van der Waals surface area contributed by atoms with Gasteiger partial charge >= 0.3 is 0 Å². The molecule has 1 N–H and O–H groups in total. The van der Waals surface area contributed by atoms with E-state index < -0.39 is 0 Å². The van der Waals surface area contributed by atoms with E-state index in [4.69, 9.17) is 0 Å². The number of rotatable bonds is 7. The minimum Gasteiger partial charge on any atom is -0.348 e. The van der Waals surface area contributed by atoms with Crippen LogP contribution in [0.25, 0.3) is 0 Å². The van der Waals surface area contributed by atoms with Crippen LogP contribution in [0.4, 0.5) is 4.39 Å². The van der Waals surface area contributed by atoms with Crippen molar-refractivity contribution < 1.29 is 4.39 Å². The van der Waals surface area contributed by atoms with Gasteiger partial charge in [0.1, 0.15) is 5.83 Å². The van der Waals surface area contributed by atoms with Crippen molar-refractivity contribution in [2.75, 3.05) is 26.3 Å². The van der Waals surface area contributed by atoms with Gasteiger partial charge in [0.2, 0.25) is 0 Å². The van der Waals surface area contributed by atoms with Crippen molar-refractivity contribution in [1.82, 2.24) is 15.1 Å². The largest absolute Gasteiger partial charge is 0.348 e. The van der Waals surface area contributed by atoms with Gasteiger partial charge in [-0.2, -0.15) is 0 Å². The van der Waals surface area contributed by atoms with Gasteiger partial charge in [0, 0.05) is 36.9 Å². The maximum atomic E-state index is 13.3. The quantitative estimate of drug-likeness (QED) is 0.336. The lowest BCUT2D eigenvalue weighted by Crippen LogP contribution is -2.46. The predicted octanol–water partition coefficient (Wildman–Crippen LogP) is 3.66. The molecule has 0 atom stereocenters. The summed E-state index contributed by atoms with van der Waals surface area (Å²) < 4.78 is 13.3. The fraction of sp³-hybridized carbons (Fsp3) is 0.611. The van der Waals surface area contributed by atoms with Crippen LogP contribution in [0.1, 0.15) is 41.0 Å². The summed E-state index contributed by atoms with van der Waals surface area (Å²) in [6, 6.07) is 0. The summed E-state index contributed by atoms with van der Waals surface area (Å²) in [5.74, 6) is 0.854. The summed E-state index contributed by atoms with van der Waals surface area (Å²) in [6.45, 7) is 17.0. The van der Waals surface area contributed by atoms with Crippen molar-refractivity contribution in [2.45, 2.75) is 46.6 Å². The van der Waals surface area contributed by atoms with Gasteiger partial charge in [-0.15, -0.1) is 6.58 Å². The van der Waals surface area contributed by atoms with E-state index in [-0.39, 0.29) is 11.4 Å². The molecule has 0 aromatic heterocycles. The molecule has 0 aromatic carbocycles. The molecule has 4 nitrogen and oxygen atoms in total. The second-order valence-electron chi connectivity index (χ2n) is 6.72. The number of aliphatic imine (C=N–C) groups is 1. The van der Waals surface area contributed by atoms with Gasteiger partial charge in [-0.1, -0.05) is 12.2 Å². The van der Waals surface area contributed by atoms with Gasteiger partial charge in [-0.3, -0.25) is 10.3 Å². The van der Waals surface area contributed by atoms with Crippen molar-refractivity contribution in [1.29, 1.82) is 0 Å². The molecule has 0 radical (unpaired) electrons. The number of nitrogens with one attached hydrogen (secondary N) is 1. The van der Waals surface area contributed by atoms with Crippen LogP contribution in [-0.4, -0.2) is 47.5 Å². The summed E-state index contributed by atoms with van der Waals surface area (Å²) in [5.41, 5.74) is 1.10. The SMILES string of the molecule is C=CCN(CNC(C)(C)C)/C(C)=N/CC1=CCC(F)=CN1CC. The third kappa shape index (κ3) is 6.99. The highest BCUT2D eigenvalue weighted by atomic mass is 19.1. The number of hydrogen-bond donors (Lipinski definition) is 1. The zero-order chi connectivity index (χ0) is 17.5. The maximum Gasteiger partial charge on any atom is 0.120 e. The molecule has 1 rings (SSSR count). The highest BCUT2D eigenvalue weighted by Crippen LogP contribution is 2.19. The molecule has 130 valence electrons. The second-order valence-corrected chi connectivity index (χ2v) is 6.72. The molecule has 0 saturated heterocycles. The van der Waals surface area contributed by atoms with Gasteiger partial charge in [-0.25, -0.2) is 4.39 Å². The van der Waals surface area contributed by atoms with Crippen LogP contribution in [0.3, 0.4) is 0 Å². The average Bonchev–Trinajstić information content (AvgIpc) is 2.48. The van der Waals surface area contributed by atoms with Crippen LogP contribution in [0.15, 0.2) is 41.4 Å². The van der Waals surface area contributed by atoms with E-state index in [1.165, 1.54) is 0 Å². The third-order valence-corrected chi connectivity index (χ3v) is 3.62. The predicted molar refractivity (Wildman–Crippen MR) is 96.9 cm³/mol. The Labute approximate surface area is 140 Å². The number of likely N-dealkylation sites (N-methyl/N-ethyl adjacent to an activating group) is 1. The van der Waals surface area contributed by atoms with Gasteiger partial charge in [0.15, 0.2) is 0 Å². The first kappa shape index (κ1) is 19.4. The van der Waals surface area contributed by atoms with Crippen LogP contribution in [-0.2, 0) is 0 Å². The monoisotopic (exact) mass is 322 g/mol. The fourth-order valence-corrected chi connectivity index (χ4v) is 2.18. The lowest BCUT2D eigenvalue weighted by Gasteiger charge is -2.29. The Bertz CT molecular complexity index is 486. The number of nitrogens with zero attached hydrogens (tertiary/aromatic N) is 3. The van der Waals surface area contributed by atoms with Crippen LogP contribution in [0.5, 0.6) is 0 Å². The second kappa shape index (κ2) is 8.87. The van der Waals surface area contributed by atoms with Gasteiger partial charge in [-0.05, 0) is 34.6 Å². The first-order valence-electron chi connectivity index (χ1n) is 8.20. The number of allylic oxidation sites excluding steroid dienone is 2. The molecule has 0 aliphatic carbocycles.